The number of nitrogen functional groups attached to an aromatic ring is 1. The summed E-state index contributed by atoms with van der Waals surface area (Å²) in [5.41, 5.74) is 2.50. The molecule has 0 saturated carbocycles. The number of hydrogen-bond donors (Lipinski definition) is 2. The summed E-state index contributed by atoms with van der Waals surface area (Å²) >= 11 is 1.47. The van der Waals surface area contributed by atoms with Gasteiger partial charge in [-0.15, -0.1) is 0 Å². The van der Waals surface area contributed by atoms with E-state index >= 15 is 0 Å². The van der Waals surface area contributed by atoms with E-state index in [4.69, 9.17) is 15.3 Å². The third-order valence-corrected chi connectivity index (χ3v) is 3.06. The molecule has 1 aromatic heterocycles. The van der Waals surface area contributed by atoms with Gasteiger partial charge in [-0.1, -0.05) is 29.5 Å². The zero-order valence-corrected chi connectivity index (χ0v) is 10.7. The standard InChI is InChI=1S/C12H15N3O2S/c13-15-12-14-8-11(18-12)9-16-6-7-17-10-4-2-1-3-5-10/h1-5,8H,6-7,9,13H2,(H,14,15). The summed E-state index contributed by atoms with van der Waals surface area (Å²) in [6, 6.07) is 9.67. The van der Waals surface area contributed by atoms with E-state index in [2.05, 4.69) is 10.4 Å². The van der Waals surface area contributed by atoms with Crippen LogP contribution < -0.4 is 16.0 Å². The normalized spacial score (nSPS) is 10.3. The number of hydrogen-bond acceptors (Lipinski definition) is 6. The Labute approximate surface area is 110 Å². The molecule has 0 radical (unpaired) electrons. The molecule has 2 aromatic rings. The van der Waals surface area contributed by atoms with Crippen molar-refractivity contribution >= 4 is 16.5 Å². The van der Waals surface area contributed by atoms with Crippen LogP contribution in [0.1, 0.15) is 4.88 Å². The van der Waals surface area contributed by atoms with Crippen molar-refractivity contribution in [1.29, 1.82) is 0 Å². The zero-order chi connectivity index (χ0) is 12.6. The van der Waals surface area contributed by atoms with E-state index in [-0.39, 0.29) is 0 Å². The van der Waals surface area contributed by atoms with Crippen LogP contribution in [-0.2, 0) is 11.3 Å². The Kier molecular flexibility index (Phi) is 4.95. The fourth-order valence-corrected chi connectivity index (χ4v) is 2.01. The largest absolute Gasteiger partial charge is 0.491 e. The molecule has 6 heteroatoms. The number of rotatable bonds is 7. The lowest BCUT2D eigenvalue weighted by Gasteiger charge is -2.05. The number of para-hydroxylation sites is 1. The summed E-state index contributed by atoms with van der Waals surface area (Å²) in [6.45, 7) is 1.60. The molecule has 2 rings (SSSR count). The highest BCUT2D eigenvalue weighted by Gasteiger charge is 2.00. The lowest BCUT2D eigenvalue weighted by molar-refractivity contribution is 0.0904. The summed E-state index contributed by atoms with van der Waals surface area (Å²) in [6.07, 6.45) is 1.75. The number of nitrogens with two attached hydrogens (primary N) is 1. The number of nitrogens with one attached hydrogen (secondary N) is 1. The first-order valence-corrected chi connectivity index (χ1v) is 6.37. The zero-order valence-electron chi connectivity index (χ0n) is 9.83. The molecule has 1 aromatic carbocycles. The molecule has 0 aliphatic heterocycles. The molecule has 0 atom stereocenters. The quantitative estimate of drug-likeness (QED) is 0.455. The van der Waals surface area contributed by atoms with Crippen LogP contribution in [0.25, 0.3) is 0 Å². The molecular weight excluding hydrogens is 250 g/mol. The molecule has 0 aliphatic carbocycles. The van der Waals surface area contributed by atoms with Gasteiger partial charge in [0.05, 0.1) is 18.1 Å². The summed E-state index contributed by atoms with van der Waals surface area (Å²) in [5.74, 6) is 6.10. The van der Waals surface area contributed by atoms with Crippen molar-refractivity contribution in [1.82, 2.24) is 4.98 Å². The van der Waals surface area contributed by atoms with E-state index < -0.39 is 0 Å². The highest BCUT2D eigenvalue weighted by atomic mass is 32.1. The van der Waals surface area contributed by atoms with E-state index in [0.29, 0.717) is 25.0 Å². The van der Waals surface area contributed by atoms with Crippen molar-refractivity contribution in [3.05, 3.63) is 41.4 Å². The number of nitrogens with zero attached hydrogens (tertiary/aromatic N) is 1. The predicted octanol–water partition coefficient (Wildman–Crippen LogP) is 2.02. The lowest BCUT2D eigenvalue weighted by atomic mass is 10.3. The van der Waals surface area contributed by atoms with Crippen molar-refractivity contribution in [2.75, 3.05) is 18.6 Å². The molecule has 0 saturated heterocycles. The smallest absolute Gasteiger partial charge is 0.197 e. The molecule has 5 nitrogen and oxygen atoms in total. The van der Waals surface area contributed by atoms with Gasteiger partial charge in [0.15, 0.2) is 5.13 Å². The van der Waals surface area contributed by atoms with E-state index in [1.807, 2.05) is 30.3 Å². The van der Waals surface area contributed by atoms with Gasteiger partial charge in [0.25, 0.3) is 0 Å². The van der Waals surface area contributed by atoms with E-state index in [1.54, 1.807) is 6.20 Å². The van der Waals surface area contributed by atoms with Crippen molar-refractivity contribution in [2.24, 2.45) is 5.84 Å². The van der Waals surface area contributed by atoms with Crippen molar-refractivity contribution in [3.8, 4) is 5.75 Å². The van der Waals surface area contributed by atoms with Gasteiger partial charge in [0, 0.05) is 6.20 Å². The van der Waals surface area contributed by atoms with E-state index in [0.717, 1.165) is 10.6 Å². The highest BCUT2D eigenvalue weighted by molar-refractivity contribution is 7.15. The molecule has 3 N–H and O–H groups in total. The maximum absolute atomic E-state index is 5.50. The Bertz CT molecular complexity index is 461. The Morgan fingerprint density at radius 3 is 2.78 bits per heavy atom. The lowest BCUT2D eigenvalue weighted by Crippen LogP contribution is -2.06. The molecule has 0 amide bonds. The molecule has 18 heavy (non-hydrogen) atoms. The fraction of sp³-hybridized carbons (Fsp3) is 0.250. The average molecular weight is 265 g/mol. The van der Waals surface area contributed by atoms with Crippen LogP contribution >= 0.6 is 11.3 Å². The summed E-state index contributed by atoms with van der Waals surface area (Å²) in [5, 5.41) is 0.689. The Morgan fingerprint density at radius 1 is 1.22 bits per heavy atom. The Morgan fingerprint density at radius 2 is 2.06 bits per heavy atom. The van der Waals surface area contributed by atoms with Crippen molar-refractivity contribution in [3.63, 3.8) is 0 Å². The minimum Gasteiger partial charge on any atom is -0.491 e. The van der Waals surface area contributed by atoms with Gasteiger partial charge < -0.3 is 9.47 Å². The van der Waals surface area contributed by atoms with Gasteiger partial charge >= 0.3 is 0 Å². The number of ether oxygens (including phenoxy) is 2. The number of aromatic nitrogens is 1. The van der Waals surface area contributed by atoms with Crippen LogP contribution in [-0.4, -0.2) is 18.2 Å². The second kappa shape index (κ2) is 6.95. The molecule has 0 bridgehead atoms. The summed E-state index contributed by atoms with van der Waals surface area (Å²) < 4.78 is 11.0. The maximum atomic E-state index is 5.50. The first-order chi connectivity index (χ1) is 8.88. The monoisotopic (exact) mass is 265 g/mol. The van der Waals surface area contributed by atoms with Crippen LogP contribution in [0.15, 0.2) is 36.5 Å². The summed E-state index contributed by atoms with van der Waals surface area (Å²) in [7, 11) is 0. The molecule has 96 valence electrons. The summed E-state index contributed by atoms with van der Waals surface area (Å²) in [4.78, 5) is 5.08. The van der Waals surface area contributed by atoms with E-state index in [9.17, 15) is 0 Å². The predicted molar refractivity (Wildman–Crippen MR) is 71.5 cm³/mol. The molecule has 0 spiro atoms. The minimum atomic E-state index is 0.525. The van der Waals surface area contributed by atoms with Gasteiger partial charge in [-0.3, -0.25) is 5.43 Å². The highest BCUT2D eigenvalue weighted by Crippen LogP contribution is 2.17. The van der Waals surface area contributed by atoms with Gasteiger partial charge in [-0.2, -0.15) is 0 Å². The molecular formula is C12H15N3O2S. The second-order valence-corrected chi connectivity index (χ2v) is 4.61. The number of benzene rings is 1. The molecule has 0 fully saturated rings. The number of thiazole rings is 1. The first kappa shape index (κ1) is 12.8. The molecule has 0 unspecified atom stereocenters. The maximum Gasteiger partial charge on any atom is 0.197 e. The molecule has 0 aliphatic rings. The Balaban J connectivity index is 1.61. The third kappa shape index (κ3) is 3.99. The Hall–Kier alpha value is -1.63. The van der Waals surface area contributed by atoms with Gasteiger partial charge in [0.1, 0.15) is 12.4 Å². The number of anilines is 1. The topological polar surface area (TPSA) is 69.4 Å². The average Bonchev–Trinajstić information content (AvgIpc) is 2.87. The van der Waals surface area contributed by atoms with Crippen molar-refractivity contribution in [2.45, 2.75) is 6.61 Å². The van der Waals surface area contributed by atoms with Crippen LogP contribution in [0, 0.1) is 0 Å². The third-order valence-electron chi connectivity index (χ3n) is 2.16. The first-order valence-electron chi connectivity index (χ1n) is 5.55. The van der Waals surface area contributed by atoms with Crippen LogP contribution in [0.3, 0.4) is 0 Å². The van der Waals surface area contributed by atoms with Crippen molar-refractivity contribution < 1.29 is 9.47 Å². The van der Waals surface area contributed by atoms with Gasteiger partial charge in [0.2, 0.25) is 0 Å². The second-order valence-electron chi connectivity index (χ2n) is 3.49. The van der Waals surface area contributed by atoms with E-state index in [1.165, 1.54) is 11.3 Å². The van der Waals surface area contributed by atoms with Crippen LogP contribution in [0.2, 0.25) is 0 Å². The van der Waals surface area contributed by atoms with Crippen LogP contribution in [0.4, 0.5) is 5.13 Å². The van der Waals surface area contributed by atoms with Gasteiger partial charge in [-0.05, 0) is 12.1 Å². The van der Waals surface area contributed by atoms with Crippen LogP contribution in [0.5, 0.6) is 5.75 Å². The minimum absolute atomic E-state index is 0.525. The number of hydrazine groups is 1. The fourth-order valence-electron chi connectivity index (χ4n) is 1.35. The van der Waals surface area contributed by atoms with Gasteiger partial charge in [-0.25, -0.2) is 10.8 Å². The molecule has 1 heterocycles. The SMILES string of the molecule is NNc1ncc(COCCOc2ccccc2)s1.